The Morgan fingerprint density at radius 1 is 1.31 bits per heavy atom. The van der Waals surface area contributed by atoms with E-state index >= 15 is 0 Å². The molecule has 0 amide bonds. The van der Waals surface area contributed by atoms with Crippen molar-refractivity contribution in [3.8, 4) is 5.75 Å². The van der Waals surface area contributed by atoms with Crippen molar-refractivity contribution in [3.05, 3.63) is 35.5 Å². The van der Waals surface area contributed by atoms with Gasteiger partial charge in [-0.05, 0) is 31.0 Å². The minimum atomic E-state index is 0.262. The van der Waals surface area contributed by atoms with Gasteiger partial charge in [0.25, 0.3) is 0 Å². The van der Waals surface area contributed by atoms with Gasteiger partial charge in [0.05, 0.1) is 6.20 Å². The first-order valence-corrected chi connectivity index (χ1v) is 4.16. The number of fused-ring (bicyclic) bond motifs is 1. The van der Waals surface area contributed by atoms with Crippen molar-refractivity contribution < 1.29 is 5.11 Å². The molecule has 0 aliphatic carbocycles. The molecule has 1 aromatic carbocycles. The lowest BCUT2D eigenvalue weighted by molar-refractivity contribution is 0.476. The Kier molecular flexibility index (Phi) is 1.69. The normalized spacial score (nSPS) is 10.6. The number of aromatic hydroxyl groups is 1. The highest BCUT2D eigenvalue weighted by Gasteiger charge is 2.06. The third-order valence-electron chi connectivity index (χ3n) is 2.21. The molecule has 2 nitrogen and oxygen atoms in total. The van der Waals surface area contributed by atoms with Crippen LogP contribution < -0.4 is 0 Å². The van der Waals surface area contributed by atoms with Crippen LogP contribution >= 0.6 is 0 Å². The first kappa shape index (κ1) is 8.05. The van der Waals surface area contributed by atoms with Gasteiger partial charge in [-0.25, -0.2) is 4.98 Å². The lowest BCUT2D eigenvalue weighted by Gasteiger charge is -2.05. The Hall–Kier alpha value is -1.57. The van der Waals surface area contributed by atoms with E-state index in [9.17, 15) is 5.11 Å². The molecule has 2 heteroatoms. The van der Waals surface area contributed by atoms with Crippen LogP contribution in [0.3, 0.4) is 0 Å². The van der Waals surface area contributed by atoms with Gasteiger partial charge in [0, 0.05) is 5.39 Å². The van der Waals surface area contributed by atoms with E-state index in [1.54, 1.807) is 6.07 Å². The monoisotopic (exact) mass is 172 g/mol. The highest BCUT2D eigenvalue weighted by atomic mass is 16.3. The van der Waals surface area contributed by atoms with Crippen LogP contribution in [0, 0.1) is 20.0 Å². The van der Waals surface area contributed by atoms with E-state index in [4.69, 9.17) is 0 Å². The fraction of sp³-hybridized carbons (Fsp3) is 0.182. The van der Waals surface area contributed by atoms with E-state index in [0.717, 1.165) is 16.5 Å². The summed E-state index contributed by atoms with van der Waals surface area (Å²) >= 11 is 0. The van der Waals surface area contributed by atoms with E-state index in [1.807, 2.05) is 26.0 Å². The topological polar surface area (TPSA) is 33.1 Å². The molecule has 0 saturated heterocycles. The second kappa shape index (κ2) is 2.73. The molecule has 65 valence electrons. The molecule has 0 saturated carbocycles. The molecule has 13 heavy (non-hydrogen) atoms. The number of pyridine rings is 1. The molecule has 0 fully saturated rings. The lowest BCUT2D eigenvalue weighted by Crippen LogP contribution is -1.86. The summed E-state index contributed by atoms with van der Waals surface area (Å²) in [4.78, 5) is 4.03. The second-order valence-electron chi connectivity index (χ2n) is 3.20. The van der Waals surface area contributed by atoms with Crippen LogP contribution in [0.4, 0.5) is 0 Å². The van der Waals surface area contributed by atoms with Gasteiger partial charge in [-0.15, -0.1) is 0 Å². The van der Waals surface area contributed by atoms with E-state index in [0.29, 0.717) is 5.52 Å². The van der Waals surface area contributed by atoms with Gasteiger partial charge in [-0.1, -0.05) is 12.1 Å². The Bertz CT molecular complexity index is 463. The molecule has 0 unspecified atom stereocenters. The van der Waals surface area contributed by atoms with Gasteiger partial charge in [0.2, 0.25) is 0 Å². The Morgan fingerprint density at radius 2 is 2.08 bits per heavy atom. The number of aromatic nitrogens is 1. The van der Waals surface area contributed by atoms with Gasteiger partial charge in [-0.3, -0.25) is 0 Å². The van der Waals surface area contributed by atoms with Crippen molar-refractivity contribution in [1.82, 2.24) is 4.98 Å². The number of aryl methyl sites for hydroxylation is 2. The maximum absolute atomic E-state index is 9.70. The molecule has 0 aliphatic rings. The van der Waals surface area contributed by atoms with Crippen molar-refractivity contribution in [3.63, 3.8) is 0 Å². The summed E-state index contributed by atoms with van der Waals surface area (Å²) in [6, 6.07) is 5.63. The number of rotatable bonds is 0. The average Bonchev–Trinajstić information content (AvgIpc) is 2.15. The van der Waals surface area contributed by atoms with Crippen molar-refractivity contribution in [2.45, 2.75) is 13.8 Å². The predicted molar refractivity (Wildman–Crippen MR) is 51.7 cm³/mol. The second-order valence-corrected chi connectivity index (χ2v) is 3.20. The van der Waals surface area contributed by atoms with Gasteiger partial charge < -0.3 is 5.11 Å². The molecule has 2 aromatic rings. The first-order chi connectivity index (χ1) is 6.20. The largest absolute Gasteiger partial charge is 0.505 e. The zero-order chi connectivity index (χ0) is 9.42. The standard InChI is InChI=1S/C11H10NO/c1-7-6-8(2)11(13)10-9(7)4-3-5-12-10/h3-4,6,13H,1-2H3. The summed E-state index contributed by atoms with van der Waals surface area (Å²) in [5, 5.41) is 10.7. The quantitative estimate of drug-likeness (QED) is 0.661. The Balaban J connectivity index is 2.97. The number of hydrogen-bond donors (Lipinski definition) is 1. The van der Waals surface area contributed by atoms with Crippen LogP contribution in [0.15, 0.2) is 18.2 Å². The fourth-order valence-corrected chi connectivity index (χ4v) is 1.52. The summed E-state index contributed by atoms with van der Waals surface area (Å²) in [5.41, 5.74) is 2.63. The van der Waals surface area contributed by atoms with Crippen molar-refractivity contribution in [1.29, 1.82) is 0 Å². The molecule has 0 spiro atoms. The summed E-state index contributed by atoms with van der Waals surface area (Å²) in [6.07, 6.45) is 2.72. The van der Waals surface area contributed by atoms with Crippen LogP contribution in [0.5, 0.6) is 5.75 Å². The van der Waals surface area contributed by atoms with Gasteiger partial charge in [-0.2, -0.15) is 0 Å². The zero-order valence-corrected chi connectivity index (χ0v) is 7.63. The van der Waals surface area contributed by atoms with Crippen molar-refractivity contribution in [2.75, 3.05) is 0 Å². The number of nitrogens with zero attached hydrogens (tertiary/aromatic N) is 1. The van der Waals surface area contributed by atoms with E-state index in [2.05, 4.69) is 11.2 Å². The van der Waals surface area contributed by atoms with Gasteiger partial charge >= 0.3 is 0 Å². The third kappa shape index (κ3) is 1.15. The molecule has 0 bridgehead atoms. The maximum Gasteiger partial charge on any atom is 0.144 e. The van der Waals surface area contributed by atoms with Gasteiger partial charge in [0.15, 0.2) is 0 Å². The van der Waals surface area contributed by atoms with Crippen molar-refractivity contribution in [2.24, 2.45) is 0 Å². The van der Waals surface area contributed by atoms with E-state index < -0.39 is 0 Å². The summed E-state index contributed by atoms with van der Waals surface area (Å²) in [5.74, 6) is 0.262. The molecule has 1 heterocycles. The average molecular weight is 172 g/mol. The van der Waals surface area contributed by atoms with Crippen LogP contribution in [-0.2, 0) is 0 Å². The van der Waals surface area contributed by atoms with Crippen LogP contribution in [0.25, 0.3) is 10.9 Å². The zero-order valence-electron chi connectivity index (χ0n) is 7.63. The molecular weight excluding hydrogens is 162 g/mol. The van der Waals surface area contributed by atoms with Crippen LogP contribution in [0.1, 0.15) is 11.1 Å². The van der Waals surface area contributed by atoms with Crippen LogP contribution in [0.2, 0.25) is 0 Å². The maximum atomic E-state index is 9.70. The number of phenolic OH excluding ortho intramolecular Hbond substituents is 1. The Morgan fingerprint density at radius 3 is 2.85 bits per heavy atom. The Labute approximate surface area is 76.9 Å². The first-order valence-electron chi connectivity index (χ1n) is 4.16. The molecule has 1 N–H and O–H groups in total. The highest BCUT2D eigenvalue weighted by molar-refractivity contribution is 5.88. The number of hydrogen-bond acceptors (Lipinski definition) is 2. The molecule has 0 aliphatic heterocycles. The minimum absolute atomic E-state index is 0.262. The fourth-order valence-electron chi connectivity index (χ4n) is 1.52. The van der Waals surface area contributed by atoms with Crippen LogP contribution in [-0.4, -0.2) is 10.1 Å². The molecule has 0 atom stereocenters. The molecular formula is C11H10NO. The summed E-state index contributed by atoms with van der Waals surface area (Å²) < 4.78 is 0. The van der Waals surface area contributed by atoms with E-state index in [-0.39, 0.29) is 5.75 Å². The van der Waals surface area contributed by atoms with Crippen molar-refractivity contribution >= 4 is 10.9 Å². The minimum Gasteiger partial charge on any atom is -0.505 e. The summed E-state index contributed by atoms with van der Waals surface area (Å²) in [7, 11) is 0. The molecule has 1 aromatic heterocycles. The third-order valence-corrected chi connectivity index (χ3v) is 2.21. The molecule has 1 radical (unpaired) electrons. The SMILES string of the molecule is Cc1cc(C)c2cc[c]nc2c1O. The predicted octanol–water partition coefficient (Wildman–Crippen LogP) is 2.36. The lowest BCUT2D eigenvalue weighted by atomic mass is 10.1. The van der Waals surface area contributed by atoms with Gasteiger partial charge in [0.1, 0.15) is 11.3 Å². The molecule has 2 rings (SSSR count). The highest BCUT2D eigenvalue weighted by Crippen LogP contribution is 2.28. The number of benzene rings is 1. The smallest absolute Gasteiger partial charge is 0.144 e. The summed E-state index contributed by atoms with van der Waals surface area (Å²) in [6.45, 7) is 3.88. The van der Waals surface area contributed by atoms with E-state index in [1.165, 1.54) is 0 Å². The number of phenols is 1.